The van der Waals surface area contributed by atoms with Crippen molar-refractivity contribution in [2.45, 2.75) is 0 Å². The number of hydrogen-bond acceptors (Lipinski definition) is 3. The number of rotatable bonds is 2. The Balaban J connectivity index is 2.72. The molecule has 0 radical (unpaired) electrons. The number of nitrogens with zero attached hydrogens (tertiary/aromatic N) is 1. The Morgan fingerprint density at radius 1 is 1.31 bits per heavy atom. The maximum Gasteiger partial charge on any atom is 0.407 e. The van der Waals surface area contributed by atoms with E-state index >= 15 is 0 Å². The minimum Gasteiger partial charge on any atom is -0.481 e. The summed E-state index contributed by atoms with van der Waals surface area (Å²) in [7, 11) is 0. The number of hydrogen-bond donors (Lipinski definition) is 2. The molecule has 1 aliphatic rings. The van der Waals surface area contributed by atoms with Crippen LogP contribution in [0.15, 0.2) is 0 Å². The average Bonchev–Trinajstić information content (AvgIpc) is 2.47. The fourth-order valence-electron chi connectivity index (χ4n) is 1.38. The number of carboxylic acids is 1. The van der Waals surface area contributed by atoms with E-state index in [0.29, 0.717) is 6.29 Å². The van der Waals surface area contributed by atoms with Crippen molar-refractivity contribution in [2.75, 3.05) is 13.1 Å². The highest BCUT2D eigenvalue weighted by atomic mass is 16.4. The van der Waals surface area contributed by atoms with E-state index in [4.69, 9.17) is 10.2 Å². The Hall–Kier alpha value is -1.59. The van der Waals surface area contributed by atoms with Crippen LogP contribution in [0.5, 0.6) is 0 Å². The molecular formula is C7H9NO5. The van der Waals surface area contributed by atoms with E-state index < -0.39 is 23.9 Å². The molecule has 0 aromatic carbocycles. The lowest BCUT2D eigenvalue weighted by atomic mass is 9.98. The summed E-state index contributed by atoms with van der Waals surface area (Å²) in [6.07, 6.45) is -0.683. The predicted octanol–water partition coefficient (Wildman–Crippen LogP) is -0.504. The van der Waals surface area contributed by atoms with Crippen LogP contribution in [0.4, 0.5) is 4.79 Å². The van der Waals surface area contributed by atoms with Gasteiger partial charge in [0.1, 0.15) is 6.29 Å². The molecule has 0 saturated carbocycles. The lowest BCUT2D eigenvalue weighted by Gasteiger charge is -2.09. The van der Waals surface area contributed by atoms with Crippen molar-refractivity contribution in [3.05, 3.63) is 0 Å². The van der Waals surface area contributed by atoms with Gasteiger partial charge < -0.3 is 19.9 Å². The molecule has 2 N–H and O–H groups in total. The Kier molecular flexibility index (Phi) is 2.50. The SMILES string of the molecule is O=C[C@H]1CN(C(=O)O)C[C@@H]1C(=O)O. The van der Waals surface area contributed by atoms with Gasteiger partial charge >= 0.3 is 12.1 Å². The zero-order valence-corrected chi connectivity index (χ0v) is 6.71. The zero-order chi connectivity index (χ0) is 10.0. The molecule has 13 heavy (non-hydrogen) atoms. The monoisotopic (exact) mass is 187 g/mol. The minimum absolute atomic E-state index is 0.0181. The van der Waals surface area contributed by atoms with Crippen LogP contribution < -0.4 is 0 Å². The second-order valence-corrected chi connectivity index (χ2v) is 2.93. The van der Waals surface area contributed by atoms with Crippen LogP contribution in [0, 0.1) is 11.8 Å². The highest BCUT2D eigenvalue weighted by molar-refractivity contribution is 5.78. The predicted molar refractivity (Wildman–Crippen MR) is 40.3 cm³/mol. The van der Waals surface area contributed by atoms with Gasteiger partial charge in [0.05, 0.1) is 5.92 Å². The molecule has 1 saturated heterocycles. The topological polar surface area (TPSA) is 94.9 Å². The third-order valence-electron chi connectivity index (χ3n) is 2.13. The molecule has 1 amide bonds. The largest absolute Gasteiger partial charge is 0.481 e. The highest BCUT2D eigenvalue weighted by Gasteiger charge is 2.39. The molecule has 0 aromatic rings. The first kappa shape index (κ1) is 9.50. The quantitative estimate of drug-likeness (QED) is 0.568. The summed E-state index contributed by atoms with van der Waals surface area (Å²) in [5.41, 5.74) is 0. The van der Waals surface area contributed by atoms with Crippen LogP contribution in [0.25, 0.3) is 0 Å². The van der Waals surface area contributed by atoms with Gasteiger partial charge in [-0.2, -0.15) is 0 Å². The lowest BCUT2D eigenvalue weighted by Crippen LogP contribution is -2.28. The van der Waals surface area contributed by atoms with Gasteiger partial charge in [-0.25, -0.2) is 4.79 Å². The Bertz CT molecular complexity index is 251. The maximum absolute atomic E-state index is 10.6. The lowest BCUT2D eigenvalue weighted by molar-refractivity contribution is -0.143. The van der Waals surface area contributed by atoms with E-state index in [1.54, 1.807) is 0 Å². The molecule has 0 bridgehead atoms. The van der Waals surface area contributed by atoms with Crippen molar-refractivity contribution >= 4 is 18.3 Å². The summed E-state index contributed by atoms with van der Waals surface area (Å²) in [5, 5.41) is 17.2. The molecule has 0 spiro atoms. The highest BCUT2D eigenvalue weighted by Crippen LogP contribution is 2.21. The van der Waals surface area contributed by atoms with Gasteiger partial charge in [-0.15, -0.1) is 0 Å². The number of amides is 1. The number of carbonyl (C=O) groups excluding carboxylic acids is 1. The second-order valence-electron chi connectivity index (χ2n) is 2.93. The Morgan fingerprint density at radius 3 is 2.23 bits per heavy atom. The molecule has 1 rings (SSSR count). The second kappa shape index (κ2) is 3.42. The number of aldehydes is 1. The van der Waals surface area contributed by atoms with Gasteiger partial charge in [0.15, 0.2) is 0 Å². The van der Waals surface area contributed by atoms with Gasteiger partial charge in [-0.3, -0.25) is 4.79 Å². The van der Waals surface area contributed by atoms with E-state index in [9.17, 15) is 14.4 Å². The van der Waals surface area contributed by atoms with E-state index in [2.05, 4.69) is 0 Å². The molecule has 1 fully saturated rings. The molecule has 0 aromatic heterocycles. The standard InChI is InChI=1S/C7H9NO5/c9-3-4-1-8(7(12)13)2-5(4)6(10)11/h3-5H,1-2H2,(H,10,11)(H,12,13)/t4-,5+/m1/s1. The number of carboxylic acid groups (broad SMARTS) is 2. The van der Waals surface area contributed by atoms with E-state index in [-0.39, 0.29) is 13.1 Å². The summed E-state index contributed by atoms with van der Waals surface area (Å²) >= 11 is 0. The fourth-order valence-corrected chi connectivity index (χ4v) is 1.38. The van der Waals surface area contributed by atoms with Crippen LogP contribution in [-0.4, -0.2) is 46.6 Å². The molecule has 1 heterocycles. The smallest absolute Gasteiger partial charge is 0.407 e. The molecular weight excluding hydrogens is 178 g/mol. The summed E-state index contributed by atoms with van der Waals surface area (Å²) in [6.45, 7) is -0.121. The third kappa shape index (κ3) is 1.77. The Labute approximate surface area is 73.8 Å². The molecule has 1 aliphatic heterocycles. The molecule has 0 unspecified atom stereocenters. The van der Waals surface area contributed by atoms with E-state index in [1.807, 2.05) is 0 Å². The fraction of sp³-hybridized carbons (Fsp3) is 0.571. The van der Waals surface area contributed by atoms with Crippen molar-refractivity contribution in [3.63, 3.8) is 0 Å². The molecule has 72 valence electrons. The summed E-state index contributed by atoms with van der Waals surface area (Å²) in [4.78, 5) is 32.4. The minimum atomic E-state index is -1.18. The van der Waals surface area contributed by atoms with Crippen molar-refractivity contribution in [3.8, 4) is 0 Å². The number of likely N-dealkylation sites (tertiary alicyclic amines) is 1. The first-order valence-corrected chi connectivity index (χ1v) is 3.72. The average molecular weight is 187 g/mol. The van der Waals surface area contributed by atoms with Crippen molar-refractivity contribution in [2.24, 2.45) is 11.8 Å². The van der Waals surface area contributed by atoms with Crippen LogP contribution in [0.1, 0.15) is 0 Å². The van der Waals surface area contributed by atoms with Crippen molar-refractivity contribution < 1.29 is 24.6 Å². The van der Waals surface area contributed by atoms with Crippen LogP contribution in [0.3, 0.4) is 0 Å². The number of aliphatic carboxylic acids is 1. The maximum atomic E-state index is 10.6. The van der Waals surface area contributed by atoms with E-state index in [0.717, 1.165) is 4.90 Å². The van der Waals surface area contributed by atoms with Gasteiger partial charge in [-0.05, 0) is 0 Å². The van der Waals surface area contributed by atoms with Crippen LogP contribution in [-0.2, 0) is 9.59 Å². The summed E-state index contributed by atoms with van der Waals surface area (Å²) < 4.78 is 0. The first-order valence-electron chi connectivity index (χ1n) is 3.72. The molecule has 6 heteroatoms. The molecule has 0 aliphatic carbocycles. The first-order chi connectivity index (χ1) is 6.06. The zero-order valence-electron chi connectivity index (χ0n) is 6.71. The van der Waals surface area contributed by atoms with E-state index in [1.165, 1.54) is 0 Å². The van der Waals surface area contributed by atoms with Crippen molar-refractivity contribution in [1.82, 2.24) is 4.90 Å². The number of carbonyl (C=O) groups is 3. The van der Waals surface area contributed by atoms with Gasteiger partial charge in [0, 0.05) is 19.0 Å². The summed E-state index contributed by atoms with van der Waals surface area (Å²) in [6, 6.07) is 0. The van der Waals surface area contributed by atoms with Gasteiger partial charge in [-0.1, -0.05) is 0 Å². The Morgan fingerprint density at radius 2 is 1.92 bits per heavy atom. The normalized spacial score (nSPS) is 27.2. The van der Waals surface area contributed by atoms with Gasteiger partial charge in [0.25, 0.3) is 0 Å². The molecule has 2 atom stereocenters. The third-order valence-corrected chi connectivity index (χ3v) is 2.13. The van der Waals surface area contributed by atoms with Gasteiger partial charge in [0.2, 0.25) is 0 Å². The molecule has 6 nitrogen and oxygen atoms in total. The summed E-state index contributed by atoms with van der Waals surface area (Å²) in [5.74, 6) is -2.73. The van der Waals surface area contributed by atoms with Crippen molar-refractivity contribution in [1.29, 1.82) is 0 Å². The van der Waals surface area contributed by atoms with Crippen LogP contribution in [0.2, 0.25) is 0 Å². The van der Waals surface area contributed by atoms with Crippen LogP contribution >= 0.6 is 0 Å².